The molecule has 19 nitrogen and oxygen atoms in total. The van der Waals surface area contributed by atoms with Gasteiger partial charge in [-0.2, -0.15) is 18.6 Å². The number of hydrogen-bond acceptors (Lipinski definition) is 16. The molecule has 0 spiro atoms. The van der Waals surface area contributed by atoms with Crippen molar-refractivity contribution < 1.29 is 26.4 Å². The van der Waals surface area contributed by atoms with Gasteiger partial charge in [0, 0.05) is 99.6 Å². The molecule has 324 valence electrons. The second-order valence-corrected chi connectivity index (χ2v) is 20.0. The van der Waals surface area contributed by atoms with E-state index in [1.165, 1.54) is 12.4 Å². The molecule has 0 atom stereocenters. The van der Waals surface area contributed by atoms with Crippen LogP contribution in [-0.4, -0.2) is 133 Å². The fraction of sp³-hybridized carbons (Fsp3) is 0.450. The predicted molar refractivity (Wildman–Crippen MR) is 235 cm³/mol. The first kappa shape index (κ1) is 42.1. The van der Waals surface area contributed by atoms with Gasteiger partial charge in [0.1, 0.15) is 22.8 Å². The molecule has 2 aromatic carbocycles. The van der Waals surface area contributed by atoms with Gasteiger partial charge in [-0.3, -0.25) is 14.9 Å². The number of sulfonamides is 2. The maximum atomic E-state index is 13.7. The lowest BCUT2D eigenvalue weighted by Crippen LogP contribution is -2.49. The highest BCUT2D eigenvalue weighted by Crippen LogP contribution is 2.30. The molecule has 2 amide bonds. The van der Waals surface area contributed by atoms with Crippen LogP contribution in [0.1, 0.15) is 60.2 Å². The van der Waals surface area contributed by atoms with Crippen LogP contribution in [0.3, 0.4) is 0 Å². The third-order valence-corrected chi connectivity index (χ3v) is 14.9. The standard InChI is InChI=1S/C40H51N13O6S2/c1-3-60(56,57)52-21-17-50(18-22-52)31-13-9-29(10-14-31)45-39-41-25-33(35(47-39)43-27-5-6-27)37(54)49-38(55)34-26-42-40(48-36(34)44-28-7-8-28)46-30-11-15-32(16-12-30)51-19-23-53(24-20-51)61(58,59)4-2/h9-16,25-28H,3-8,17-24H2,1-2H3,(H,49,54,55)(H2,41,43,45,47)(H2,42,44,46,48). The van der Waals surface area contributed by atoms with Crippen molar-refractivity contribution in [1.29, 1.82) is 0 Å². The maximum absolute atomic E-state index is 13.7. The van der Waals surface area contributed by atoms with Gasteiger partial charge in [0.15, 0.2) is 0 Å². The summed E-state index contributed by atoms with van der Waals surface area (Å²) in [6, 6.07) is 15.7. The maximum Gasteiger partial charge on any atom is 0.263 e. The Hall–Kier alpha value is -5.64. The molecule has 4 aliphatic rings. The van der Waals surface area contributed by atoms with E-state index in [-0.39, 0.29) is 46.6 Å². The van der Waals surface area contributed by atoms with Crippen molar-refractivity contribution in [3.05, 3.63) is 72.1 Å². The minimum atomic E-state index is -3.21. The summed E-state index contributed by atoms with van der Waals surface area (Å²) in [5.74, 6) is -0.0378. The Bertz CT molecular complexity index is 2280. The summed E-state index contributed by atoms with van der Waals surface area (Å²) in [4.78, 5) is 49.6. The summed E-state index contributed by atoms with van der Waals surface area (Å²) in [6.45, 7) is 7.47. The molecule has 4 fully saturated rings. The molecule has 0 unspecified atom stereocenters. The number of nitrogens with one attached hydrogen (secondary N) is 5. The minimum absolute atomic E-state index is 0.0943. The average molecular weight is 874 g/mol. The number of benzene rings is 2. The predicted octanol–water partition coefficient (Wildman–Crippen LogP) is 3.42. The van der Waals surface area contributed by atoms with E-state index in [1.54, 1.807) is 22.5 Å². The van der Waals surface area contributed by atoms with E-state index in [1.807, 2.05) is 48.5 Å². The van der Waals surface area contributed by atoms with E-state index in [0.29, 0.717) is 64.0 Å². The molecule has 2 aliphatic heterocycles. The zero-order valence-electron chi connectivity index (χ0n) is 34.2. The Morgan fingerprint density at radius 2 is 0.934 bits per heavy atom. The molecule has 4 aromatic rings. The molecule has 0 radical (unpaired) electrons. The number of rotatable bonds is 16. The lowest BCUT2D eigenvalue weighted by atomic mass is 10.2. The Morgan fingerprint density at radius 1 is 0.574 bits per heavy atom. The van der Waals surface area contributed by atoms with E-state index < -0.39 is 31.9 Å². The van der Waals surface area contributed by atoms with Gasteiger partial charge in [0.25, 0.3) is 11.8 Å². The van der Waals surface area contributed by atoms with E-state index in [2.05, 4.69) is 56.3 Å². The highest BCUT2D eigenvalue weighted by molar-refractivity contribution is 7.89. The quantitative estimate of drug-likeness (QED) is 0.102. The molecule has 2 saturated heterocycles. The van der Waals surface area contributed by atoms with Crippen LogP contribution in [0, 0.1) is 0 Å². The van der Waals surface area contributed by atoms with Crippen LogP contribution in [-0.2, 0) is 20.0 Å². The summed E-state index contributed by atoms with van der Waals surface area (Å²) in [5, 5.41) is 15.5. The van der Waals surface area contributed by atoms with Gasteiger partial charge in [-0.15, -0.1) is 0 Å². The van der Waals surface area contributed by atoms with Crippen molar-refractivity contribution in [1.82, 2.24) is 33.9 Å². The van der Waals surface area contributed by atoms with Gasteiger partial charge in [-0.1, -0.05) is 0 Å². The minimum Gasteiger partial charge on any atom is -0.369 e. The third kappa shape index (κ3) is 10.3. The van der Waals surface area contributed by atoms with Crippen molar-refractivity contribution in [2.45, 2.75) is 51.6 Å². The monoisotopic (exact) mass is 873 g/mol. The molecule has 2 aliphatic carbocycles. The number of nitrogens with zero attached hydrogens (tertiary/aromatic N) is 8. The molecule has 0 bridgehead atoms. The van der Waals surface area contributed by atoms with Crippen LogP contribution >= 0.6 is 0 Å². The molecular weight excluding hydrogens is 823 g/mol. The van der Waals surface area contributed by atoms with Crippen molar-refractivity contribution in [3.8, 4) is 0 Å². The lowest BCUT2D eigenvalue weighted by molar-refractivity contribution is 0.0849. The zero-order valence-corrected chi connectivity index (χ0v) is 35.8. The highest BCUT2D eigenvalue weighted by atomic mass is 32.2. The second-order valence-electron chi connectivity index (χ2n) is 15.4. The topological polar surface area (TPSA) is 227 Å². The van der Waals surface area contributed by atoms with E-state index in [9.17, 15) is 26.4 Å². The Balaban J connectivity index is 0.901. The Kier molecular flexibility index (Phi) is 12.2. The smallest absolute Gasteiger partial charge is 0.263 e. The Morgan fingerprint density at radius 3 is 1.26 bits per heavy atom. The number of amides is 2. The number of imide groups is 1. The van der Waals surface area contributed by atoms with Gasteiger partial charge in [-0.05, 0) is 88.1 Å². The van der Waals surface area contributed by atoms with Crippen LogP contribution in [0.5, 0.6) is 0 Å². The van der Waals surface area contributed by atoms with E-state index in [4.69, 9.17) is 0 Å². The SMILES string of the molecule is CCS(=O)(=O)N1CCN(c2ccc(Nc3ncc(C(=O)NC(=O)c4cnc(Nc5ccc(N6CCN(S(=O)(=O)CC)CC6)cc5)nc4NC4CC4)c(NC4CC4)n3)cc2)CC1. The summed E-state index contributed by atoms with van der Waals surface area (Å²) in [7, 11) is -6.42. The first-order valence-electron chi connectivity index (χ1n) is 20.7. The van der Waals surface area contributed by atoms with E-state index >= 15 is 0 Å². The molecule has 61 heavy (non-hydrogen) atoms. The largest absolute Gasteiger partial charge is 0.369 e. The van der Waals surface area contributed by atoms with E-state index in [0.717, 1.165) is 48.4 Å². The Labute approximate surface area is 355 Å². The van der Waals surface area contributed by atoms with Crippen LogP contribution in [0.4, 0.5) is 46.3 Å². The first-order valence-corrected chi connectivity index (χ1v) is 23.9. The van der Waals surface area contributed by atoms with Gasteiger partial charge in [0.2, 0.25) is 31.9 Å². The number of carbonyl (C=O) groups excluding carboxylic acids is 2. The number of hydrogen-bond donors (Lipinski definition) is 5. The summed E-state index contributed by atoms with van der Waals surface area (Å²) >= 11 is 0. The number of piperazine rings is 2. The molecule has 2 saturated carbocycles. The van der Waals surface area contributed by atoms with Gasteiger partial charge in [0.05, 0.1) is 11.5 Å². The molecule has 8 rings (SSSR count). The van der Waals surface area contributed by atoms with Gasteiger partial charge < -0.3 is 31.1 Å². The summed E-state index contributed by atoms with van der Waals surface area (Å²) in [5.41, 5.74) is 3.62. The highest BCUT2D eigenvalue weighted by Gasteiger charge is 2.30. The fourth-order valence-corrected chi connectivity index (χ4v) is 9.27. The lowest BCUT2D eigenvalue weighted by Gasteiger charge is -2.35. The third-order valence-electron chi connectivity index (χ3n) is 11.1. The van der Waals surface area contributed by atoms with Crippen molar-refractivity contribution in [3.63, 3.8) is 0 Å². The molecule has 4 heterocycles. The second kappa shape index (κ2) is 17.8. The fourth-order valence-electron chi connectivity index (χ4n) is 7.10. The average Bonchev–Trinajstić information content (AvgIpc) is 4.23. The van der Waals surface area contributed by atoms with Crippen LogP contribution in [0.25, 0.3) is 0 Å². The van der Waals surface area contributed by atoms with Crippen LogP contribution < -0.4 is 36.4 Å². The molecular formula is C40H51N13O6S2. The number of aromatic nitrogens is 4. The first-order chi connectivity index (χ1) is 29.4. The normalized spacial score (nSPS) is 17.7. The molecule has 21 heteroatoms. The molecule has 5 N–H and O–H groups in total. The van der Waals surface area contributed by atoms with Crippen LogP contribution in [0.15, 0.2) is 60.9 Å². The van der Waals surface area contributed by atoms with Crippen molar-refractivity contribution in [2.75, 3.05) is 94.9 Å². The number of anilines is 8. The summed E-state index contributed by atoms with van der Waals surface area (Å²) < 4.78 is 52.1. The van der Waals surface area contributed by atoms with Crippen molar-refractivity contribution >= 4 is 78.1 Å². The van der Waals surface area contributed by atoms with Gasteiger partial charge in [-0.25, -0.2) is 26.8 Å². The summed E-state index contributed by atoms with van der Waals surface area (Å²) in [6.07, 6.45) is 6.47. The number of carbonyl (C=O) groups is 2. The zero-order chi connectivity index (χ0) is 42.7. The van der Waals surface area contributed by atoms with Gasteiger partial charge >= 0.3 is 0 Å². The van der Waals surface area contributed by atoms with Crippen LogP contribution in [0.2, 0.25) is 0 Å². The van der Waals surface area contributed by atoms with Crippen molar-refractivity contribution in [2.24, 2.45) is 0 Å². The molecule has 2 aromatic heterocycles.